The lowest BCUT2D eigenvalue weighted by atomic mass is 10.3. The Morgan fingerprint density at radius 3 is 2.76 bits per heavy atom. The van der Waals surface area contributed by atoms with E-state index < -0.39 is 0 Å². The Hall–Kier alpha value is -2.40. The van der Waals surface area contributed by atoms with Crippen molar-refractivity contribution in [2.45, 2.75) is 6.92 Å². The summed E-state index contributed by atoms with van der Waals surface area (Å²) in [5, 5.41) is 3.51. The maximum absolute atomic E-state index is 13.1. The number of aromatic nitrogens is 3. The predicted octanol–water partition coefficient (Wildman–Crippen LogP) is 4.11. The Labute approximate surface area is 126 Å². The van der Waals surface area contributed by atoms with Gasteiger partial charge in [0, 0.05) is 11.9 Å². The molecule has 0 aliphatic heterocycles. The number of aryl methyl sites for hydroxylation is 1. The number of rotatable bonds is 3. The van der Waals surface area contributed by atoms with Crippen LogP contribution in [0.3, 0.4) is 0 Å². The van der Waals surface area contributed by atoms with Crippen molar-refractivity contribution in [1.29, 1.82) is 0 Å². The van der Waals surface area contributed by atoms with Gasteiger partial charge in [0.05, 0.1) is 10.7 Å². The lowest BCUT2D eigenvalue weighted by Crippen LogP contribution is -2.04. The Morgan fingerprint density at radius 1 is 1.19 bits per heavy atom. The summed E-state index contributed by atoms with van der Waals surface area (Å²) in [5.41, 5.74) is 1.64. The molecule has 0 fully saturated rings. The molecule has 0 saturated carbocycles. The highest BCUT2D eigenvalue weighted by Crippen LogP contribution is 2.28. The van der Waals surface area contributed by atoms with Crippen molar-refractivity contribution in [3.05, 3.63) is 65.5 Å². The fraction of sp³-hybridized carbons (Fsp3) is 0.0667. The second-order valence-corrected chi connectivity index (χ2v) is 4.92. The Bertz CT molecular complexity index is 771. The minimum atomic E-state index is -0.368. The van der Waals surface area contributed by atoms with Crippen LogP contribution in [0.15, 0.2) is 48.9 Å². The number of hydrogen-bond donors (Lipinski definition) is 1. The predicted molar refractivity (Wildman–Crippen MR) is 80.8 cm³/mol. The molecule has 0 atom stereocenters. The van der Waals surface area contributed by atoms with Crippen LogP contribution in [-0.2, 0) is 0 Å². The van der Waals surface area contributed by atoms with E-state index in [1.54, 1.807) is 12.3 Å². The SMILES string of the molecule is Cc1ccc(Nc2ccc(F)cc2Cl)n1-c1ccncn1. The molecule has 0 aliphatic carbocycles. The smallest absolute Gasteiger partial charge is 0.141 e. The van der Waals surface area contributed by atoms with Gasteiger partial charge in [0.1, 0.15) is 23.8 Å². The zero-order valence-electron chi connectivity index (χ0n) is 11.2. The second kappa shape index (κ2) is 5.54. The second-order valence-electron chi connectivity index (χ2n) is 4.51. The molecule has 0 unspecified atom stereocenters. The van der Waals surface area contributed by atoms with Crippen molar-refractivity contribution in [2.24, 2.45) is 0 Å². The molecule has 0 bridgehead atoms. The van der Waals surface area contributed by atoms with Crippen LogP contribution in [0.25, 0.3) is 5.82 Å². The third-order valence-electron chi connectivity index (χ3n) is 3.07. The molecule has 21 heavy (non-hydrogen) atoms. The summed E-state index contributed by atoms with van der Waals surface area (Å²) in [4.78, 5) is 8.15. The molecule has 0 saturated heterocycles. The molecule has 0 radical (unpaired) electrons. The summed E-state index contributed by atoms with van der Waals surface area (Å²) < 4.78 is 15.0. The van der Waals surface area contributed by atoms with Gasteiger partial charge in [-0.2, -0.15) is 0 Å². The van der Waals surface area contributed by atoms with Crippen LogP contribution in [0.5, 0.6) is 0 Å². The number of nitrogens with one attached hydrogen (secondary N) is 1. The summed E-state index contributed by atoms with van der Waals surface area (Å²) in [6.45, 7) is 1.97. The van der Waals surface area contributed by atoms with E-state index in [2.05, 4.69) is 15.3 Å². The van der Waals surface area contributed by atoms with E-state index in [-0.39, 0.29) is 5.82 Å². The van der Waals surface area contributed by atoms with Crippen LogP contribution in [0.4, 0.5) is 15.9 Å². The molecule has 3 rings (SSSR count). The number of halogens is 2. The van der Waals surface area contributed by atoms with Gasteiger partial charge in [-0.25, -0.2) is 14.4 Å². The standard InChI is InChI=1S/C15H12ClFN4/c1-10-2-5-15(21(10)14-6-7-18-9-19-14)20-13-4-3-11(17)8-12(13)16/h2-9,20H,1H3. The van der Waals surface area contributed by atoms with Crippen molar-refractivity contribution in [2.75, 3.05) is 5.32 Å². The van der Waals surface area contributed by atoms with Gasteiger partial charge in [0.2, 0.25) is 0 Å². The van der Waals surface area contributed by atoms with Gasteiger partial charge in [-0.1, -0.05) is 11.6 Å². The first kappa shape index (κ1) is 13.6. The Kier molecular flexibility index (Phi) is 3.58. The van der Waals surface area contributed by atoms with Gasteiger partial charge in [0.25, 0.3) is 0 Å². The topological polar surface area (TPSA) is 42.7 Å². The van der Waals surface area contributed by atoms with Gasteiger partial charge >= 0.3 is 0 Å². The molecule has 4 nitrogen and oxygen atoms in total. The molecular formula is C15H12ClFN4. The van der Waals surface area contributed by atoms with E-state index in [0.29, 0.717) is 10.7 Å². The molecule has 1 N–H and O–H groups in total. The first-order chi connectivity index (χ1) is 10.1. The fourth-order valence-electron chi connectivity index (χ4n) is 2.09. The van der Waals surface area contributed by atoms with Crippen LogP contribution >= 0.6 is 11.6 Å². The molecule has 6 heteroatoms. The highest BCUT2D eigenvalue weighted by Gasteiger charge is 2.10. The van der Waals surface area contributed by atoms with Gasteiger partial charge in [-0.3, -0.25) is 4.57 Å². The quantitative estimate of drug-likeness (QED) is 0.791. The maximum Gasteiger partial charge on any atom is 0.141 e. The van der Waals surface area contributed by atoms with E-state index in [1.807, 2.05) is 29.7 Å². The van der Waals surface area contributed by atoms with Gasteiger partial charge in [-0.15, -0.1) is 0 Å². The van der Waals surface area contributed by atoms with Crippen LogP contribution in [0, 0.1) is 12.7 Å². The summed E-state index contributed by atoms with van der Waals surface area (Å²) in [6.07, 6.45) is 3.17. The van der Waals surface area contributed by atoms with Crippen LogP contribution < -0.4 is 5.32 Å². The number of anilines is 2. The number of benzene rings is 1. The van der Waals surface area contributed by atoms with E-state index >= 15 is 0 Å². The zero-order chi connectivity index (χ0) is 14.8. The van der Waals surface area contributed by atoms with Crippen LogP contribution in [-0.4, -0.2) is 14.5 Å². The Morgan fingerprint density at radius 2 is 2.05 bits per heavy atom. The summed E-state index contributed by atoms with van der Waals surface area (Å²) in [7, 11) is 0. The molecule has 106 valence electrons. The summed E-state index contributed by atoms with van der Waals surface area (Å²) in [6, 6.07) is 9.92. The summed E-state index contributed by atoms with van der Waals surface area (Å²) >= 11 is 6.05. The monoisotopic (exact) mass is 302 g/mol. The molecule has 0 aliphatic rings. The van der Waals surface area contributed by atoms with Crippen molar-refractivity contribution in [1.82, 2.24) is 14.5 Å². The van der Waals surface area contributed by atoms with Gasteiger partial charge in [0.15, 0.2) is 0 Å². The first-order valence-corrected chi connectivity index (χ1v) is 6.70. The average Bonchev–Trinajstić information content (AvgIpc) is 2.84. The lowest BCUT2D eigenvalue weighted by molar-refractivity contribution is 0.628. The molecule has 0 amide bonds. The van der Waals surface area contributed by atoms with E-state index in [9.17, 15) is 4.39 Å². The van der Waals surface area contributed by atoms with E-state index in [1.165, 1.54) is 18.5 Å². The third kappa shape index (κ3) is 2.73. The minimum absolute atomic E-state index is 0.322. The van der Waals surface area contributed by atoms with E-state index in [4.69, 9.17) is 11.6 Å². The largest absolute Gasteiger partial charge is 0.340 e. The normalized spacial score (nSPS) is 10.6. The van der Waals surface area contributed by atoms with Crippen molar-refractivity contribution in [3.63, 3.8) is 0 Å². The van der Waals surface area contributed by atoms with Crippen LogP contribution in [0.2, 0.25) is 5.02 Å². The van der Waals surface area contributed by atoms with Crippen molar-refractivity contribution >= 4 is 23.1 Å². The molecule has 0 spiro atoms. The average molecular weight is 303 g/mol. The van der Waals surface area contributed by atoms with Gasteiger partial charge in [-0.05, 0) is 43.3 Å². The van der Waals surface area contributed by atoms with Gasteiger partial charge < -0.3 is 5.32 Å². The van der Waals surface area contributed by atoms with Crippen LogP contribution in [0.1, 0.15) is 5.69 Å². The number of hydrogen-bond acceptors (Lipinski definition) is 3. The molecule has 2 aromatic heterocycles. The van der Waals surface area contributed by atoms with E-state index in [0.717, 1.165) is 17.3 Å². The molecule has 3 aromatic rings. The highest BCUT2D eigenvalue weighted by molar-refractivity contribution is 6.33. The molecule has 1 aromatic carbocycles. The van der Waals surface area contributed by atoms with Crippen molar-refractivity contribution in [3.8, 4) is 5.82 Å². The molecular weight excluding hydrogens is 291 g/mol. The van der Waals surface area contributed by atoms with Crippen molar-refractivity contribution < 1.29 is 4.39 Å². The fourth-order valence-corrected chi connectivity index (χ4v) is 2.30. The number of nitrogens with zero attached hydrogens (tertiary/aromatic N) is 3. The maximum atomic E-state index is 13.1. The minimum Gasteiger partial charge on any atom is -0.340 e. The third-order valence-corrected chi connectivity index (χ3v) is 3.38. The lowest BCUT2D eigenvalue weighted by Gasteiger charge is -2.13. The summed E-state index contributed by atoms with van der Waals surface area (Å²) in [5.74, 6) is 1.17. The molecule has 2 heterocycles. The Balaban J connectivity index is 2.01. The first-order valence-electron chi connectivity index (χ1n) is 6.32. The zero-order valence-corrected chi connectivity index (χ0v) is 12.0. The highest BCUT2D eigenvalue weighted by atomic mass is 35.5.